The summed E-state index contributed by atoms with van der Waals surface area (Å²) < 4.78 is 0. The summed E-state index contributed by atoms with van der Waals surface area (Å²) in [4.78, 5) is 15.6. The Hall–Kier alpha value is -2.84. The van der Waals surface area contributed by atoms with Crippen LogP contribution in [0.15, 0.2) is 42.9 Å². The van der Waals surface area contributed by atoms with Crippen LogP contribution in [0.5, 0.6) is 0 Å². The van der Waals surface area contributed by atoms with E-state index in [1.54, 1.807) is 12.5 Å². The lowest BCUT2D eigenvalue weighted by Gasteiger charge is -2.33. The van der Waals surface area contributed by atoms with Gasteiger partial charge >= 0.3 is 0 Å². The zero-order valence-corrected chi connectivity index (χ0v) is 16.1. The van der Waals surface area contributed by atoms with Gasteiger partial charge in [-0.15, -0.1) is 0 Å². The highest BCUT2D eigenvalue weighted by atomic mass is 15.2. The van der Waals surface area contributed by atoms with E-state index in [2.05, 4.69) is 71.9 Å². The SMILES string of the molecule is C[C@H]1CNCCN1Cc1cccc(-c2ccnc(NCCc3nc[nH]n3)n2)c1. The minimum absolute atomic E-state index is 0.552. The van der Waals surface area contributed by atoms with Crippen LogP contribution in [0.1, 0.15) is 18.3 Å². The van der Waals surface area contributed by atoms with Gasteiger partial charge in [-0.05, 0) is 24.6 Å². The molecule has 0 amide bonds. The normalized spacial score (nSPS) is 17.5. The first-order valence-corrected chi connectivity index (χ1v) is 9.73. The second-order valence-corrected chi connectivity index (χ2v) is 7.08. The third-order valence-electron chi connectivity index (χ3n) is 5.00. The van der Waals surface area contributed by atoms with Crippen molar-refractivity contribution < 1.29 is 0 Å². The third kappa shape index (κ3) is 4.71. The summed E-state index contributed by atoms with van der Waals surface area (Å²) in [6, 6.07) is 11.1. The molecule has 1 aliphatic rings. The average molecular weight is 378 g/mol. The molecule has 3 N–H and O–H groups in total. The molecule has 146 valence electrons. The smallest absolute Gasteiger partial charge is 0.223 e. The van der Waals surface area contributed by atoms with Crippen molar-refractivity contribution in [3.63, 3.8) is 0 Å². The molecule has 0 unspecified atom stereocenters. The number of anilines is 1. The minimum atomic E-state index is 0.552. The fourth-order valence-electron chi connectivity index (χ4n) is 3.43. The number of nitrogens with one attached hydrogen (secondary N) is 3. The van der Waals surface area contributed by atoms with Crippen LogP contribution < -0.4 is 10.6 Å². The van der Waals surface area contributed by atoms with Gasteiger partial charge in [-0.25, -0.2) is 15.0 Å². The molecule has 3 heterocycles. The van der Waals surface area contributed by atoms with Crippen LogP contribution >= 0.6 is 0 Å². The number of benzene rings is 1. The van der Waals surface area contributed by atoms with Crippen LogP contribution in [0.2, 0.25) is 0 Å². The molecule has 0 radical (unpaired) electrons. The average Bonchev–Trinajstić information content (AvgIpc) is 3.24. The van der Waals surface area contributed by atoms with Crippen molar-refractivity contribution >= 4 is 5.95 Å². The summed E-state index contributed by atoms with van der Waals surface area (Å²) in [5.74, 6) is 1.40. The van der Waals surface area contributed by atoms with Gasteiger partial charge in [-0.3, -0.25) is 10.00 Å². The Morgan fingerprint density at radius 1 is 1.25 bits per heavy atom. The zero-order valence-electron chi connectivity index (χ0n) is 16.1. The molecule has 0 aliphatic carbocycles. The first-order chi connectivity index (χ1) is 13.8. The Labute approximate surface area is 164 Å². The number of aromatic amines is 1. The maximum absolute atomic E-state index is 4.67. The van der Waals surface area contributed by atoms with E-state index in [1.807, 2.05) is 6.07 Å². The molecule has 8 nitrogen and oxygen atoms in total. The lowest BCUT2D eigenvalue weighted by molar-refractivity contribution is 0.165. The highest BCUT2D eigenvalue weighted by Gasteiger charge is 2.17. The van der Waals surface area contributed by atoms with Crippen molar-refractivity contribution in [1.29, 1.82) is 0 Å². The molecule has 2 aromatic heterocycles. The van der Waals surface area contributed by atoms with Crippen molar-refractivity contribution in [2.45, 2.75) is 25.9 Å². The maximum Gasteiger partial charge on any atom is 0.223 e. The standard InChI is InChI=1S/C20H26N8/c1-15-12-21-9-10-28(15)13-16-3-2-4-17(11-16)18-5-7-22-20(26-18)23-8-6-19-24-14-25-27-19/h2-5,7,11,14-15,21H,6,8-10,12-13H2,1H3,(H,22,23,26)(H,24,25,27)/t15-/m0/s1. The molecule has 0 bridgehead atoms. The quantitative estimate of drug-likeness (QED) is 0.576. The number of H-pyrrole nitrogens is 1. The monoisotopic (exact) mass is 378 g/mol. The van der Waals surface area contributed by atoms with E-state index < -0.39 is 0 Å². The van der Waals surface area contributed by atoms with Gasteiger partial charge in [-0.2, -0.15) is 5.10 Å². The van der Waals surface area contributed by atoms with Crippen LogP contribution in [0.25, 0.3) is 11.3 Å². The van der Waals surface area contributed by atoms with Crippen molar-refractivity contribution in [2.24, 2.45) is 0 Å². The number of hydrogen-bond donors (Lipinski definition) is 3. The lowest BCUT2D eigenvalue weighted by Crippen LogP contribution is -2.49. The molecule has 0 saturated carbocycles. The van der Waals surface area contributed by atoms with E-state index in [9.17, 15) is 0 Å². The third-order valence-corrected chi connectivity index (χ3v) is 5.00. The Bertz CT molecular complexity index is 879. The molecule has 4 rings (SSSR count). The Morgan fingerprint density at radius 3 is 3.07 bits per heavy atom. The van der Waals surface area contributed by atoms with Crippen molar-refractivity contribution in [3.05, 3.63) is 54.2 Å². The molecule has 1 aliphatic heterocycles. The summed E-state index contributed by atoms with van der Waals surface area (Å²) in [5.41, 5.74) is 3.34. The van der Waals surface area contributed by atoms with E-state index in [0.717, 1.165) is 49.7 Å². The summed E-state index contributed by atoms with van der Waals surface area (Å²) in [7, 11) is 0. The van der Waals surface area contributed by atoms with E-state index in [4.69, 9.17) is 0 Å². The largest absolute Gasteiger partial charge is 0.354 e. The van der Waals surface area contributed by atoms with Crippen molar-refractivity contribution in [1.82, 2.24) is 35.4 Å². The van der Waals surface area contributed by atoms with E-state index in [0.29, 0.717) is 18.5 Å². The molecule has 1 atom stereocenters. The second-order valence-electron chi connectivity index (χ2n) is 7.08. The summed E-state index contributed by atoms with van der Waals surface area (Å²) in [5, 5.41) is 13.5. The number of aromatic nitrogens is 5. The van der Waals surface area contributed by atoms with Crippen molar-refractivity contribution in [3.8, 4) is 11.3 Å². The molecule has 1 aromatic carbocycles. The number of piperazine rings is 1. The van der Waals surface area contributed by atoms with Crippen LogP contribution in [0, 0.1) is 0 Å². The highest BCUT2D eigenvalue weighted by Crippen LogP contribution is 2.20. The van der Waals surface area contributed by atoms with Gasteiger partial charge in [0.1, 0.15) is 6.33 Å². The topological polar surface area (TPSA) is 94.7 Å². The Kier molecular flexibility index (Phi) is 5.89. The van der Waals surface area contributed by atoms with Gasteiger partial charge < -0.3 is 10.6 Å². The van der Waals surface area contributed by atoms with E-state index >= 15 is 0 Å². The molecule has 3 aromatic rings. The van der Waals surface area contributed by atoms with E-state index in [1.165, 1.54) is 5.56 Å². The van der Waals surface area contributed by atoms with Gasteiger partial charge in [0.25, 0.3) is 0 Å². The van der Waals surface area contributed by atoms with E-state index in [-0.39, 0.29) is 0 Å². The number of nitrogens with zero attached hydrogens (tertiary/aromatic N) is 5. The summed E-state index contributed by atoms with van der Waals surface area (Å²) >= 11 is 0. The summed E-state index contributed by atoms with van der Waals surface area (Å²) in [6.07, 6.45) is 4.10. The molecule has 0 spiro atoms. The van der Waals surface area contributed by atoms with Gasteiger partial charge in [-0.1, -0.05) is 18.2 Å². The zero-order chi connectivity index (χ0) is 19.2. The van der Waals surface area contributed by atoms with Crippen molar-refractivity contribution in [2.75, 3.05) is 31.5 Å². The predicted molar refractivity (Wildman–Crippen MR) is 109 cm³/mol. The van der Waals surface area contributed by atoms with Crippen LogP contribution in [0.3, 0.4) is 0 Å². The fourth-order valence-corrected chi connectivity index (χ4v) is 3.43. The highest BCUT2D eigenvalue weighted by molar-refractivity contribution is 5.60. The van der Waals surface area contributed by atoms with Gasteiger partial charge in [0.2, 0.25) is 5.95 Å². The molecule has 8 heteroatoms. The first kappa shape index (κ1) is 18.5. The maximum atomic E-state index is 4.67. The molecular formula is C20H26N8. The predicted octanol–water partition coefficient (Wildman–Crippen LogP) is 1.71. The van der Waals surface area contributed by atoms with Gasteiger partial charge in [0.15, 0.2) is 5.82 Å². The van der Waals surface area contributed by atoms with Gasteiger partial charge in [0, 0.05) is 56.9 Å². The fraction of sp³-hybridized carbons (Fsp3) is 0.400. The number of rotatable bonds is 7. The van der Waals surface area contributed by atoms with Crippen LogP contribution in [-0.2, 0) is 13.0 Å². The number of hydrogen-bond acceptors (Lipinski definition) is 7. The van der Waals surface area contributed by atoms with Gasteiger partial charge in [0.05, 0.1) is 5.69 Å². The molecule has 28 heavy (non-hydrogen) atoms. The molecule has 1 fully saturated rings. The molecular weight excluding hydrogens is 352 g/mol. The Morgan fingerprint density at radius 2 is 2.21 bits per heavy atom. The first-order valence-electron chi connectivity index (χ1n) is 9.73. The van der Waals surface area contributed by atoms with Crippen LogP contribution in [-0.4, -0.2) is 62.3 Å². The second kappa shape index (κ2) is 8.90. The lowest BCUT2D eigenvalue weighted by atomic mass is 10.1. The molecule has 1 saturated heterocycles. The summed E-state index contributed by atoms with van der Waals surface area (Å²) in [6.45, 7) is 7.10. The minimum Gasteiger partial charge on any atom is -0.354 e. The van der Waals surface area contributed by atoms with Crippen LogP contribution in [0.4, 0.5) is 5.95 Å². The Balaban J connectivity index is 1.42.